The largest absolute Gasteiger partial charge is 0.465 e. The van der Waals surface area contributed by atoms with Crippen molar-refractivity contribution in [2.45, 2.75) is 19.8 Å². The number of carbonyl (C=O) groups excluding carboxylic acids is 1. The second-order valence-electron chi connectivity index (χ2n) is 4.65. The van der Waals surface area contributed by atoms with Gasteiger partial charge in [-0.1, -0.05) is 30.3 Å². The molecule has 4 nitrogen and oxygen atoms in total. The molecule has 1 aromatic heterocycles. The van der Waals surface area contributed by atoms with E-state index in [0.717, 1.165) is 17.7 Å². The van der Waals surface area contributed by atoms with Crippen LogP contribution < -0.4 is 5.43 Å². The van der Waals surface area contributed by atoms with Gasteiger partial charge < -0.3 is 9.72 Å². The first-order valence-electron chi connectivity index (χ1n) is 6.47. The number of carbonyl (C=O) groups is 1. The molecule has 0 saturated heterocycles. The highest BCUT2D eigenvalue weighted by Gasteiger charge is 2.17. The van der Waals surface area contributed by atoms with Gasteiger partial charge in [-0.15, -0.1) is 0 Å². The minimum absolute atomic E-state index is 0.106. The Kier molecular flexibility index (Phi) is 4.35. The summed E-state index contributed by atoms with van der Waals surface area (Å²) in [5.74, 6) is -0.589. The Balaban J connectivity index is 2.31. The van der Waals surface area contributed by atoms with E-state index >= 15 is 0 Å². The number of benzene rings is 1. The molecule has 0 saturated carbocycles. The Morgan fingerprint density at radius 1 is 1.20 bits per heavy atom. The smallest absolute Gasteiger partial charge is 0.343 e. The molecular weight excluding hydrogens is 254 g/mol. The first-order valence-corrected chi connectivity index (χ1v) is 6.47. The molecule has 2 aromatic rings. The van der Waals surface area contributed by atoms with Gasteiger partial charge in [0.15, 0.2) is 5.43 Å². The summed E-state index contributed by atoms with van der Waals surface area (Å²) in [6, 6.07) is 11.3. The van der Waals surface area contributed by atoms with Gasteiger partial charge in [-0.25, -0.2) is 4.79 Å². The second-order valence-corrected chi connectivity index (χ2v) is 4.65. The summed E-state index contributed by atoms with van der Waals surface area (Å²) >= 11 is 0. The predicted molar refractivity (Wildman–Crippen MR) is 77.0 cm³/mol. The normalized spacial score (nSPS) is 10.3. The van der Waals surface area contributed by atoms with Crippen molar-refractivity contribution in [3.8, 4) is 0 Å². The van der Waals surface area contributed by atoms with E-state index < -0.39 is 5.97 Å². The third-order valence-corrected chi connectivity index (χ3v) is 3.14. The number of esters is 1. The predicted octanol–water partition coefficient (Wildman–Crippen LogP) is 2.26. The lowest BCUT2D eigenvalue weighted by Crippen LogP contribution is -2.21. The first kappa shape index (κ1) is 14.1. The molecule has 0 amide bonds. The molecule has 0 bridgehead atoms. The zero-order valence-electron chi connectivity index (χ0n) is 11.6. The van der Waals surface area contributed by atoms with Gasteiger partial charge in [0.05, 0.1) is 7.11 Å². The number of methoxy groups -OCH3 is 1. The van der Waals surface area contributed by atoms with E-state index in [-0.39, 0.29) is 11.0 Å². The van der Waals surface area contributed by atoms with Crippen molar-refractivity contribution >= 4 is 5.97 Å². The maximum Gasteiger partial charge on any atom is 0.343 e. The van der Waals surface area contributed by atoms with Crippen LogP contribution in [0.4, 0.5) is 0 Å². The summed E-state index contributed by atoms with van der Waals surface area (Å²) in [6.07, 6.45) is 1.34. The molecule has 0 atom stereocenters. The molecule has 2 rings (SSSR count). The van der Waals surface area contributed by atoms with E-state index in [1.54, 1.807) is 6.92 Å². The Morgan fingerprint density at radius 3 is 2.55 bits per heavy atom. The molecule has 1 aromatic carbocycles. The molecule has 0 unspecified atom stereocenters. The first-order chi connectivity index (χ1) is 9.61. The van der Waals surface area contributed by atoms with Crippen LogP contribution in [-0.4, -0.2) is 18.1 Å². The zero-order valence-corrected chi connectivity index (χ0v) is 11.6. The van der Waals surface area contributed by atoms with Gasteiger partial charge in [0.2, 0.25) is 0 Å². The van der Waals surface area contributed by atoms with Crippen molar-refractivity contribution in [3.05, 3.63) is 69.1 Å². The Hall–Kier alpha value is -2.36. The van der Waals surface area contributed by atoms with Crippen LogP contribution in [-0.2, 0) is 17.6 Å². The molecule has 20 heavy (non-hydrogen) atoms. The molecule has 0 fully saturated rings. The van der Waals surface area contributed by atoms with Crippen LogP contribution in [0.3, 0.4) is 0 Å². The molecule has 0 radical (unpaired) electrons. The number of aryl methyl sites for hydroxylation is 3. The fraction of sp³-hybridized carbons (Fsp3) is 0.250. The molecule has 1 N–H and O–H groups in total. The van der Waals surface area contributed by atoms with E-state index in [4.69, 9.17) is 4.74 Å². The minimum Gasteiger partial charge on any atom is -0.465 e. The third kappa shape index (κ3) is 3.15. The lowest BCUT2D eigenvalue weighted by molar-refractivity contribution is 0.0597. The number of rotatable bonds is 4. The van der Waals surface area contributed by atoms with Crippen molar-refractivity contribution < 1.29 is 9.53 Å². The summed E-state index contributed by atoms with van der Waals surface area (Å²) in [5.41, 5.74) is 2.34. The number of hydrogen-bond acceptors (Lipinski definition) is 3. The summed E-state index contributed by atoms with van der Waals surface area (Å²) in [5, 5.41) is 0. The van der Waals surface area contributed by atoms with Gasteiger partial charge in [0.1, 0.15) is 5.56 Å². The lowest BCUT2D eigenvalue weighted by Gasteiger charge is -2.09. The van der Waals surface area contributed by atoms with E-state index in [0.29, 0.717) is 12.1 Å². The number of pyridine rings is 1. The highest BCUT2D eigenvalue weighted by atomic mass is 16.5. The Morgan fingerprint density at radius 2 is 1.90 bits per heavy atom. The van der Waals surface area contributed by atoms with Crippen LogP contribution in [0.1, 0.15) is 27.3 Å². The molecular formula is C16H17NO3. The fourth-order valence-corrected chi connectivity index (χ4v) is 2.18. The van der Waals surface area contributed by atoms with Gasteiger partial charge in [-0.3, -0.25) is 4.79 Å². The van der Waals surface area contributed by atoms with Crippen LogP contribution in [0.5, 0.6) is 0 Å². The van der Waals surface area contributed by atoms with Crippen molar-refractivity contribution in [1.29, 1.82) is 0 Å². The number of ether oxygens (including phenoxy) is 1. The van der Waals surface area contributed by atoms with Gasteiger partial charge in [-0.2, -0.15) is 0 Å². The van der Waals surface area contributed by atoms with E-state index in [2.05, 4.69) is 4.98 Å². The SMILES string of the molecule is COC(=O)c1c(CCc2ccccc2)[nH]c(C)cc1=O. The van der Waals surface area contributed by atoms with E-state index in [1.807, 2.05) is 30.3 Å². The molecule has 0 aliphatic carbocycles. The Bertz CT molecular complexity index is 659. The van der Waals surface area contributed by atoms with Gasteiger partial charge in [0, 0.05) is 17.5 Å². The van der Waals surface area contributed by atoms with Crippen LogP contribution in [0, 0.1) is 6.92 Å². The van der Waals surface area contributed by atoms with Crippen LogP contribution in [0.25, 0.3) is 0 Å². The highest BCUT2D eigenvalue weighted by Crippen LogP contribution is 2.09. The van der Waals surface area contributed by atoms with Gasteiger partial charge >= 0.3 is 5.97 Å². The maximum atomic E-state index is 12.0. The third-order valence-electron chi connectivity index (χ3n) is 3.14. The average molecular weight is 271 g/mol. The van der Waals surface area contributed by atoms with Gasteiger partial charge in [-0.05, 0) is 25.3 Å². The minimum atomic E-state index is -0.589. The second kappa shape index (κ2) is 6.19. The summed E-state index contributed by atoms with van der Waals surface area (Å²) in [7, 11) is 1.28. The lowest BCUT2D eigenvalue weighted by atomic mass is 10.0. The van der Waals surface area contributed by atoms with Crippen molar-refractivity contribution in [2.24, 2.45) is 0 Å². The van der Waals surface area contributed by atoms with E-state index in [1.165, 1.54) is 13.2 Å². The zero-order chi connectivity index (χ0) is 14.5. The van der Waals surface area contributed by atoms with Crippen molar-refractivity contribution in [2.75, 3.05) is 7.11 Å². The fourth-order valence-electron chi connectivity index (χ4n) is 2.18. The van der Waals surface area contributed by atoms with E-state index in [9.17, 15) is 9.59 Å². The topological polar surface area (TPSA) is 59.2 Å². The summed E-state index contributed by atoms with van der Waals surface area (Å²) in [6.45, 7) is 1.80. The number of hydrogen-bond donors (Lipinski definition) is 1. The van der Waals surface area contributed by atoms with Gasteiger partial charge in [0.25, 0.3) is 0 Å². The standard InChI is InChI=1S/C16H17NO3/c1-11-10-14(18)15(16(19)20-2)13(17-11)9-8-12-6-4-3-5-7-12/h3-7,10H,8-9H2,1-2H3,(H,17,18). The number of aromatic amines is 1. The molecule has 0 aliphatic heterocycles. The molecule has 104 valence electrons. The van der Waals surface area contributed by atoms with Crippen molar-refractivity contribution in [1.82, 2.24) is 4.98 Å². The number of nitrogens with one attached hydrogen (secondary N) is 1. The highest BCUT2D eigenvalue weighted by molar-refractivity contribution is 5.90. The summed E-state index contributed by atoms with van der Waals surface area (Å²) in [4.78, 5) is 26.8. The summed E-state index contributed by atoms with van der Waals surface area (Å²) < 4.78 is 4.69. The van der Waals surface area contributed by atoms with Crippen LogP contribution in [0.2, 0.25) is 0 Å². The van der Waals surface area contributed by atoms with Crippen LogP contribution in [0.15, 0.2) is 41.2 Å². The molecule has 4 heteroatoms. The average Bonchev–Trinajstić information content (AvgIpc) is 2.45. The van der Waals surface area contributed by atoms with Crippen LogP contribution >= 0.6 is 0 Å². The number of H-pyrrole nitrogens is 1. The van der Waals surface area contributed by atoms with Crippen molar-refractivity contribution in [3.63, 3.8) is 0 Å². The molecule has 1 heterocycles. The molecule has 0 aliphatic rings. The quantitative estimate of drug-likeness (QED) is 0.868. The number of aromatic nitrogens is 1. The Labute approximate surface area is 117 Å². The molecule has 0 spiro atoms. The monoisotopic (exact) mass is 271 g/mol. The maximum absolute atomic E-state index is 12.0.